The Morgan fingerprint density at radius 2 is 2.08 bits per heavy atom. The van der Waals surface area contributed by atoms with E-state index in [0.717, 1.165) is 0 Å². The van der Waals surface area contributed by atoms with Crippen LogP contribution in [-0.2, 0) is 0 Å². The van der Waals surface area contributed by atoms with Gasteiger partial charge >= 0.3 is 0 Å². The molecule has 0 unspecified atom stereocenters. The van der Waals surface area contributed by atoms with Gasteiger partial charge in [-0.25, -0.2) is 9.97 Å². The van der Waals surface area contributed by atoms with Crippen molar-refractivity contribution >= 4 is 11.9 Å². The topological polar surface area (TPSA) is 142 Å². The van der Waals surface area contributed by atoms with Crippen LogP contribution in [-0.4, -0.2) is 37.1 Å². The lowest BCUT2D eigenvalue weighted by Gasteiger charge is -2.35. The van der Waals surface area contributed by atoms with Gasteiger partial charge in [-0.1, -0.05) is 18.2 Å². The van der Waals surface area contributed by atoms with Gasteiger partial charge in [0.2, 0.25) is 5.95 Å². The van der Waals surface area contributed by atoms with E-state index in [1.54, 1.807) is 12.1 Å². The number of nitrogens with two attached hydrogens (primary N) is 1. The average Bonchev–Trinajstić information content (AvgIpc) is 3.11. The quantitative estimate of drug-likeness (QED) is 0.548. The summed E-state index contributed by atoms with van der Waals surface area (Å²) in [5.41, 5.74) is 7.21. The number of hydrogen-bond donors (Lipinski definition) is 4. The number of aromatic amines is 2. The number of carbonyl (C=O) groups excluding carboxylic acids is 1. The second-order valence-electron chi connectivity index (χ2n) is 6.27. The van der Waals surface area contributed by atoms with Gasteiger partial charge in [-0.3, -0.25) is 19.7 Å². The Bertz CT molecular complexity index is 990. The maximum atomic E-state index is 12.7. The number of rotatable bonds is 4. The third kappa shape index (κ3) is 3.06. The highest BCUT2D eigenvalue weighted by atomic mass is 16.1. The third-order valence-electron chi connectivity index (χ3n) is 4.51. The molecule has 3 aromatic rings. The van der Waals surface area contributed by atoms with Gasteiger partial charge < -0.3 is 11.1 Å². The molecule has 1 aliphatic rings. The van der Waals surface area contributed by atoms with E-state index in [2.05, 4.69) is 30.5 Å². The summed E-state index contributed by atoms with van der Waals surface area (Å²) >= 11 is 0. The van der Waals surface area contributed by atoms with E-state index in [0.29, 0.717) is 35.5 Å². The summed E-state index contributed by atoms with van der Waals surface area (Å²) in [6, 6.07) is 8.71. The molecule has 2 aromatic heterocycles. The minimum Gasteiger partial charge on any atom is -0.369 e. The molecule has 1 saturated carbocycles. The number of amides is 1. The van der Waals surface area contributed by atoms with Crippen LogP contribution in [0.4, 0.5) is 5.95 Å². The molecule has 9 nitrogen and oxygen atoms in total. The Morgan fingerprint density at radius 3 is 2.81 bits per heavy atom. The number of carbonyl (C=O) groups is 1. The number of benzene rings is 1. The molecule has 0 atom stereocenters. The maximum absolute atomic E-state index is 12.7. The molecular formula is C17H17N7O2. The molecular weight excluding hydrogens is 334 g/mol. The van der Waals surface area contributed by atoms with E-state index >= 15 is 0 Å². The minimum absolute atomic E-state index is 0.0256. The smallest absolute Gasteiger partial charge is 0.252 e. The molecule has 2 heterocycles. The fourth-order valence-electron chi connectivity index (χ4n) is 3.17. The number of nitrogen functional groups attached to an aromatic ring is 1. The van der Waals surface area contributed by atoms with Crippen molar-refractivity contribution in [1.82, 2.24) is 30.5 Å². The van der Waals surface area contributed by atoms with Gasteiger partial charge in [0.25, 0.3) is 11.5 Å². The molecule has 0 radical (unpaired) electrons. The molecule has 9 heteroatoms. The van der Waals surface area contributed by atoms with E-state index < -0.39 is 0 Å². The van der Waals surface area contributed by atoms with E-state index in [-0.39, 0.29) is 29.4 Å². The van der Waals surface area contributed by atoms with Gasteiger partial charge in [-0.15, -0.1) is 0 Å². The second kappa shape index (κ2) is 6.43. The fourth-order valence-corrected chi connectivity index (χ4v) is 3.17. The lowest BCUT2D eigenvalue weighted by atomic mass is 9.78. The lowest BCUT2D eigenvalue weighted by Crippen LogP contribution is -2.44. The van der Waals surface area contributed by atoms with Crippen molar-refractivity contribution in [3.05, 3.63) is 58.3 Å². The Hall–Kier alpha value is -3.49. The molecule has 26 heavy (non-hydrogen) atoms. The standard InChI is InChI=1S/C17H17N7O2/c18-17-22-13(7-14(25)23-17)9-5-10(6-9)21-16(26)12-4-2-1-3-11(12)15-19-8-20-24-15/h1-4,7-10H,5-6H2,(H,21,26)(H,19,20,24)(H3,18,22,23,25). The Kier molecular flexibility index (Phi) is 3.96. The molecule has 1 aliphatic carbocycles. The Balaban J connectivity index is 1.44. The molecule has 1 amide bonds. The fraction of sp³-hybridized carbons (Fsp3) is 0.235. The maximum Gasteiger partial charge on any atom is 0.252 e. The summed E-state index contributed by atoms with van der Waals surface area (Å²) in [4.78, 5) is 34.8. The molecule has 5 N–H and O–H groups in total. The highest BCUT2D eigenvalue weighted by Gasteiger charge is 2.33. The summed E-state index contributed by atoms with van der Waals surface area (Å²) in [5, 5.41) is 9.63. The predicted octanol–water partition coefficient (Wildman–Crippen LogP) is 0.813. The van der Waals surface area contributed by atoms with Crippen LogP contribution in [0, 0.1) is 0 Å². The number of H-pyrrole nitrogens is 2. The van der Waals surface area contributed by atoms with E-state index in [9.17, 15) is 9.59 Å². The largest absolute Gasteiger partial charge is 0.369 e. The van der Waals surface area contributed by atoms with Gasteiger partial charge in [0.1, 0.15) is 6.33 Å². The molecule has 4 rings (SSSR count). The van der Waals surface area contributed by atoms with Gasteiger partial charge in [-0.05, 0) is 18.9 Å². The SMILES string of the molecule is Nc1nc(C2CC(NC(=O)c3ccccc3-c3ncn[nH]3)C2)cc(=O)[nH]1. The zero-order chi connectivity index (χ0) is 18.1. The van der Waals surface area contributed by atoms with Gasteiger partial charge in [0, 0.05) is 23.6 Å². The number of nitrogens with one attached hydrogen (secondary N) is 3. The van der Waals surface area contributed by atoms with Crippen LogP contribution in [0.2, 0.25) is 0 Å². The highest BCUT2D eigenvalue weighted by molar-refractivity contribution is 6.00. The van der Waals surface area contributed by atoms with Gasteiger partial charge in [-0.2, -0.15) is 5.10 Å². The summed E-state index contributed by atoms with van der Waals surface area (Å²) in [6.07, 6.45) is 2.83. The van der Waals surface area contributed by atoms with Crippen LogP contribution >= 0.6 is 0 Å². The number of aromatic nitrogens is 5. The van der Waals surface area contributed by atoms with Crippen molar-refractivity contribution in [2.45, 2.75) is 24.8 Å². The monoisotopic (exact) mass is 351 g/mol. The minimum atomic E-state index is -0.263. The summed E-state index contributed by atoms with van der Waals surface area (Å²) in [6.45, 7) is 0. The number of anilines is 1. The van der Waals surface area contributed by atoms with E-state index in [4.69, 9.17) is 5.73 Å². The van der Waals surface area contributed by atoms with Crippen molar-refractivity contribution in [3.63, 3.8) is 0 Å². The van der Waals surface area contributed by atoms with Crippen molar-refractivity contribution in [2.24, 2.45) is 0 Å². The first kappa shape index (κ1) is 16.0. The first-order valence-corrected chi connectivity index (χ1v) is 8.22. The van der Waals surface area contributed by atoms with Crippen LogP contribution in [0.3, 0.4) is 0 Å². The highest BCUT2D eigenvalue weighted by Crippen LogP contribution is 2.35. The third-order valence-corrected chi connectivity index (χ3v) is 4.51. The van der Waals surface area contributed by atoms with Crippen LogP contribution in [0.25, 0.3) is 11.4 Å². The summed E-state index contributed by atoms with van der Waals surface area (Å²) < 4.78 is 0. The predicted molar refractivity (Wildman–Crippen MR) is 94.3 cm³/mol. The molecule has 0 saturated heterocycles. The summed E-state index contributed by atoms with van der Waals surface area (Å²) in [7, 11) is 0. The molecule has 132 valence electrons. The van der Waals surface area contributed by atoms with E-state index in [1.807, 2.05) is 12.1 Å². The second-order valence-corrected chi connectivity index (χ2v) is 6.27. The lowest BCUT2D eigenvalue weighted by molar-refractivity contribution is 0.0909. The van der Waals surface area contributed by atoms with Gasteiger partial charge in [0.15, 0.2) is 5.82 Å². The van der Waals surface area contributed by atoms with Gasteiger partial charge in [0.05, 0.1) is 11.3 Å². The van der Waals surface area contributed by atoms with Crippen molar-refractivity contribution in [2.75, 3.05) is 5.73 Å². The number of hydrogen-bond acceptors (Lipinski definition) is 6. The van der Waals surface area contributed by atoms with Crippen LogP contribution in [0.15, 0.2) is 41.5 Å². The molecule has 0 spiro atoms. The molecule has 0 bridgehead atoms. The molecule has 1 fully saturated rings. The first-order chi connectivity index (χ1) is 12.6. The van der Waals surface area contributed by atoms with Crippen LogP contribution in [0.1, 0.15) is 34.8 Å². The Morgan fingerprint density at radius 1 is 1.27 bits per heavy atom. The van der Waals surface area contributed by atoms with Crippen molar-refractivity contribution in [3.8, 4) is 11.4 Å². The van der Waals surface area contributed by atoms with E-state index in [1.165, 1.54) is 12.4 Å². The van der Waals surface area contributed by atoms with Crippen LogP contribution in [0.5, 0.6) is 0 Å². The van der Waals surface area contributed by atoms with Crippen molar-refractivity contribution < 1.29 is 4.79 Å². The molecule has 1 aromatic carbocycles. The zero-order valence-electron chi connectivity index (χ0n) is 13.8. The van der Waals surface area contributed by atoms with Crippen molar-refractivity contribution in [1.29, 1.82) is 0 Å². The Labute approximate surface area is 148 Å². The zero-order valence-corrected chi connectivity index (χ0v) is 13.8. The number of nitrogens with zero attached hydrogens (tertiary/aromatic N) is 3. The van der Waals surface area contributed by atoms with Crippen LogP contribution < -0.4 is 16.6 Å². The molecule has 0 aliphatic heterocycles. The average molecular weight is 351 g/mol. The first-order valence-electron chi connectivity index (χ1n) is 8.22. The normalized spacial score (nSPS) is 18.9. The summed E-state index contributed by atoms with van der Waals surface area (Å²) in [5.74, 6) is 0.611.